The van der Waals surface area contributed by atoms with E-state index in [1.807, 2.05) is 0 Å². The summed E-state index contributed by atoms with van der Waals surface area (Å²) in [5, 5.41) is 4.56. The molecular weight excluding hydrogens is 364 g/mol. The highest BCUT2D eigenvalue weighted by molar-refractivity contribution is 9.10. The minimum Gasteiger partial charge on any atom is -0.375 e. The summed E-state index contributed by atoms with van der Waals surface area (Å²) in [6, 6.07) is 3.82. The van der Waals surface area contributed by atoms with Crippen molar-refractivity contribution in [3.05, 3.63) is 55.9 Å². The molecule has 3 rings (SSSR count). The molecule has 8 heteroatoms. The van der Waals surface area contributed by atoms with Crippen LogP contribution in [0.1, 0.15) is 5.82 Å². The van der Waals surface area contributed by atoms with E-state index in [2.05, 4.69) is 31.2 Å². The van der Waals surface area contributed by atoms with E-state index in [1.54, 1.807) is 11.4 Å². The van der Waals surface area contributed by atoms with Gasteiger partial charge in [-0.2, -0.15) is 0 Å². The molecule has 0 bridgehead atoms. The fraction of sp³-hybridized carbons (Fsp3) is 0.0769. The Bertz CT molecular complexity index is 877. The Morgan fingerprint density at radius 3 is 2.95 bits per heavy atom. The second-order valence-corrected chi connectivity index (χ2v) is 6.02. The predicted molar refractivity (Wildman–Crippen MR) is 81.6 cm³/mol. The number of fused-ring (bicyclic) bond motifs is 1. The Hall–Kier alpha value is -1.80. The van der Waals surface area contributed by atoms with Gasteiger partial charge in [0.05, 0.1) is 22.2 Å². The second kappa shape index (κ2) is 5.53. The number of halogens is 3. The van der Waals surface area contributed by atoms with E-state index in [4.69, 9.17) is 0 Å². The molecule has 108 valence electrons. The van der Waals surface area contributed by atoms with Crippen LogP contribution in [0.4, 0.5) is 14.5 Å². The highest BCUT2D eigenvalue weighted by Gasteiger charge is 2.09. The predicted octanol–water partition coefficient (Wildman–Crippen LogP) is 3.64. The van der Waals surface area contributed by atoms with Crippen LogP contribution >= 0.6 is 27.3 Å². The van der Waals surface area contributed by atoms with Gasteiger partial charge < -0.3 is 10.3 Å². The second-order valence-electron chi connectivity index (χ2n) is 4.25. The van der Waals surface area contributed by atoms with E-state index in [1.165, 1.54) is 17.4 Å². The van der Waals surface area contributed by atoms with E-state index in [9.17, 15) is 13.6 Å². The van der Waals surface area contributed by atoms with Gasteiger partial charge in [0.1, 0.15) is 22.2 Å². The number of nitrogens with one attached hydrogen (secondary N) is 2. The van der Waals surface area contributed by atoms with E-state index in [0.29, 0.717) is 16.0 Å². The minimum absolute atomic E-state index is 0.121. The molecule has 2 N–H and O–H groups in total. The van der Waals surface area contributed by atoms with Gasteiger partial charge in [0.2, 0.25) is 0 Å². The lowest BCUT2D eigenvalue weighted by molar-refractivity contribution is 0.580. The number of hydrogen-bond donors (Lipinski definition) is 2. The third-order valence-corrected chi connectivity index (χ3v) is 4.33. The standard InChI is InChI=1S/C13H8BrF2N3OS/c14-6-3-10(8(16)4-7(6)15)17-5-11-18-9-1-2-21-12(9)13(20)19-11/h1-4,17H,5H2,(H,18,19,20). The topological polar surface area (TPSA) is 57.8 Å². The molecule has 0 saturated heterocycles. The number of benzene rings is 1. The molecular formula is C13H8BrF2N3OS. The number of H-pyrrole nitrogens is 1. The summed E-state index contributed by atoms with van der Waals surface area (Å²) in [7, 11) is 0. The summed E-state index contributed by atoms with van der Waals surface area (Å²) in [4.78, 5) is 18.7. The molecule has 0 atom stereocenters. The molecule has 0 amide bonds. The molecule has 0 spiro atoms. The Labute approximate surface area is 130 Å². The largest absolute Gasteiger partial charge is 0.375 e. The van der Waals surface area contributed by atoms with Crippen molar-refractivity contribution in [2.24, 2.45) is 0 Å². The number of aromatic nitrogens is 2. The molecule has 0 aliphatic heterocycles. The highest BCUT2D eigenvalue weighted by Crippen LogP contribution is 2.24. The van der Waals surface area contributed by atoms with Crippen LogP contribution in [0.3, 0.4) is 0 Å². The third kappa shape index (κ3) is 2.81. The zero-order valence-corrected chi connectivity index (χ0v) is 12.8. The minimum atomic E-state index is -0.713. The van der Waals surface area contributed by atoms with E-state index in [0.717, 1.165) is 6.07 Å². The first-order valence-electron chi connectivity index (χ1n) is 5.89. The first-order valence-corrected chi connectivity index (χ1v) is 7.56. The van der Waals surface area contributed by atoms with Gasteiger partial charge in [0.15, 0.2) is 0 Å². The Balaban J connectivity index is 1.86. The van der Waals surface area contributed by atoms with Crippen LogP contribution < -0.4 is 10.9 Å². The van der Waals surface area contributed by atoms with Crippen molar-refractivity contribution in [2.45, 2.75) is 6.54 Å². The van der Waals surface area contributed by atoms with Crippen molar-refractivity contribution in [3.63, 3.8) is 0 Å². The summed E-state index contributed by atoms with van der Waals surface area (Å²) >= 11 is 4.30. The molecule has 21 heavy (non-hydrogen) atoms. The molecule has 4 nitrogen and oxygen atoms in total. The smallest absolute Gasteiger partial charge is 0.268 e. The number of aromatic amines is 1. The van der Waals surface area contributed by atoms with Crippen LogP contribution in [0.25, 0.3) is 10.2 Å². The van der Waals surface area contributed by atoms with Crippen molar-refractivity contribution in [2.75, 3.05) is 5.32 Å². The highest BCUT2D eigenvalue weighted by atomic mass is 79.9. The summed E-state index contributed by atoms with van der Waals surface area (Å²) in [5.41, 5.74) is 0.491. The van der Waals surface area contributed by atoms with Gasteiger partial charge >= 0.3 is 0 Å². The number of rotatable bonds is 3. The van der Waals surface area contributed by atoms with Crippen molar-refractivity contribution < 1.29 is 8.78 Å². The lowest BCUT2D eigenvalue weighted by Gasteiger charge is -2.08. The lowest BCUT2D eigenvalue weighted by Crippen LogP contribution is -2.13. The fourth-order valence-corrected chi connectivity index (χ4v) is 2.91. The van der Waals surface area contributed by atoms with Crippen LogP contribution in [-0.2, 0) is 6.54 Å². The van der Waals surface area contributed by atoms with Gasteiger partial charge in [-0.15, -0.1) is 11.3 Å². The quantitative estimate of drug-likeness (QED) is 0.691. The number of hydrogen-bond acceptors (Lipinski definition) is 4. The van der Waals surface area contributed by atoms with E-state index in [-0.39, 0.29) is 22.3 Å². The molecule has 0 saturated carbocycles. The van der Waals surface area contributed by atoms with Gasteiger partial charge in [-0.3, -0.25) is 4.79 Å². The Morgan fingerprint density at radius 2 is 2.14 bits per heavy atom. The molecule has 0 radical (unpaired) electrons. The van der Waals surface area contributed by atoms with Crippen molar-refractivity contribution >= 4 is 43.2 Å². The van der Waals surface area contributed by atoms with Crippen LogP contribution in [-0.4, -0.2) is 9.97 Å². The zero-order valence-electron chi connectivity index (χ0n) is 10.4. The maximum Gasteiger partial charge on any atom is 0.268 e. The van der Waals surface area contributed by atoms with Gasteiger partial charge in [-0.1, -0.05) is 0 Å². The van der Waals surface area contributed by atoms with Crippen LogP contribution in [0, 0.1) is 11.6 Å². The van der Waals surface area contributed by atoms with Gasteiger partial charge in [0.25, 0.3) is 5.56 Å². The number of anilines is 1. The number of thiophene rings is 1. The maximum atomic E-state index is 13.6. The SMILES string of the molecule is O=c1[nH]c(CNc2cc(Br)c(F)cc2F)nc2ccsc12. The molecule has 0 aliphatic carbocycles. The monoisotopic (exact) mass is 371 g/mol. The molecule has 1 aromatic carbocycles. The van der Waals surface area contributed by atoms with Crippen molar-refractivity contribution in [1.82, 2.24) is 9.97 Å². The van der Waals surface area contributed by atoms with Crippen molar-refractivity contribution in [3.8, 4) is 0 Å². The van der Waals surface area contributed by atoms with E-state index < -0.39 is 11.6 Å². The average molecular weight is 372 g/mol. The van der Waals surface area contributed by atoms with Gasteiger partial charge in [-0.05, 0) is 33.4 Å². The zero-order chi connectivity index (χ0) is 15.0. The van der Waals surface area contributed by atoms with Crippen LogP contribution in [0.5, 0.6) is 0 Å². The Kier molecular flexibility index (Phi) is 3.73. The molecule has 3 aromatic rings. The third-order valence-electron chi connectivity index (χ3n) is 2.82. The summed E-state index contributed by atoms with van der Waals surface area (Å²) in [5.74, 6) is -1.01. The average Bonchev–Trinajstić information content (AvgIpc) is 2.90. The summed E-state index contributed by atoms with van der Waals surface area (Å²) in [6.07, 6.45) is 0. The number of nitrogens with zero attached hydrogens (tertiary/aromatic N) is 1. The summed E-state index contributed by atoms with van der Waals surface area (Å²) < 4.78 is 27.4. The van der Waals surface area contributed by atoms with E-state index >= 15 is 0 Å². The first kappa shape index (κ1) is 14.2. The van der Waals surface area contributed by atoms with Crippen LogP contribution in [0.15, 0.2) is 32.8 Å². The van der Waals surface area contributed by atoms with Crippen LogP contribution in [0.2, 0.25) is 0 Å². The molecule has 0 aliphatic rings. The Morgan fingerprint density at radius 1 is 1.33 bits per heavy atom. The fourth-order valence-electron chi connectivity index (χ4n) is 1.84. The molecule has 2 heterocycles. The van der Waals surface area contributed by atoms with Gasteiger partial charge in [-0.25, -0.2) is 13.8 Å². The molecule has 0 fully saturated rings. The summed E-state index contributed by atoms with van der Waals surface area (Å²) in [6.45, 7) is 0.121. The van der Waals surface area contributed by atoms with Crippen molar-refractivity contribution in [1.29, 1.82) is 0 Å². The normalized spacial score (nSPS) is 11.0. The first-order chi connectivity index (χ1) is 10.0. The maximum absolute atomic E-state index is 13.6. The lowest BCUT2D eigenvalue weighted by atomic mass is 10.3. The van der Waals surface area contributed by atoms with Gasteiger partial charge in [0, 0.05) is 6.07 Å². The molecule has 0 unspecified atom stereocenters. The molecule has 2 aromatic heterocycles.